The molecule has 0 unspecified atom stereocenters. The predicted molar refractivity (Wildman–Crippen MR) is 78.0 cm³/mol. The summed E-state index contributed by atoms with van der Waals surface area (Å²) in [5.41, 5.74) is 2.35. The zero-order valence-corrected chi connectivity index (χ0v) is 12.1. The van der Waals surface area contributed by atoms with Gasteiger partial charge in [-0.2, -0.15) is 0 Å². The average molecular weight is 264 g/mol. The van der Waals surface area contributed by atoms with Gasteiger partial charge in [0.05, 0.1) is 0 Å². The van der Waals surface area contributed by atoms with Gasteiger partial charge < -0.3 is 10.2 Å². The van der Waals surface area contributed by atoms with Crippen LogP contribution in [0.15, 0.2) is 18.2 Å². The number of halogens is 1. The van der Waals surface area contributed by atoms with E-state index in [2.05, 4.69) is 17.1 Å². The number of likely N-dealkylation sites (tertiary alicyclic amines) is 1. The topological polar surface area (TPSA) is 15.3 Å². The minimum atomic E-state index is -0.132. The van der Waals surface area contributed by atoms with E-state index in [9.17, 15) is 4.39 Å². The second kappa shape index (κ2) is 7.01. The molecular weight excluding hydrogens is 239 g/mol. The van der Waals surface area contributed by atoms with Crippen molar-refractivity contribution in [1.29, 1.82) is 0 Å². The Morgan fingerprint density at radius 2 is 2.05 bits per heavy atom. The molecule has 1 aromatic rings. The van der Waals surface area contributed by atoms with E-state index in [1.807, 2.05) is 13.0 Å². The summed E-state index contributed by atoms with van der Waals surface area (Å²) in [6, 6.07) is 5.83. The number of nitrogens with zero attached hydrogens (tertiary/aromatic N) is 1. The summed E-state index contributed by atoms with van der Waals surface area (Å²) in [6.07, 6.45) is 3.52. The molecular formula is C16H25FN2. The van der Waals surface area contributed by atoms with Crippen LogP contribution < -0.4 is 5.32 Å². The number of nitrogens with one attached hydrogen (secondary N) is 1. The third kappa shape index (κ3) is 4.29. The molecule has 2 rings (SSSR count). The zero-order valence-electron chi connectivity index (χ0n) is 12.1. The number of benzene rings is 1. The van der Waals surface area contributed by atoms with Gasteiger partial charge in [-0.3, -0.25) is 0 Å². The normalized spacial score (nSPS) is 17.8. The summed E-state index contributed by atoms with van der Waals surface area (Å²) in [5.74, 6) is -0.132. The standard InChI is InChI=1S/C16H25FN2/c1-3-18-16-7-10-19(11-8-16)9-6-14-4-5-15(17)12-13(14)2/h4-5,12,16,18H,3,6-11H2,1-2H3. The predicted octanol–water partition coefficient (Wildman–Crippen LogP) is 2.75. The van der Waals surface area contributed by atoms with Crippen LogP contribution in [0.2, 0.25) is 0 Å². The first-order valence-electron chi connectivity index (χ1n) is 7.40. The molecule has 1 aromatic carbocycles. The van der Waals surface area contributed by atoms with Gasteiger partial charge in [-0.15, -0.1) is 0 Å². The third-order valence-corrected chi connectivity index (χ3v) is 4.08. The molecule has 0 atom stereocenters. The number of piperidine rings is 1. The highest BCUT2D eigenvalue weighted by Gasteiger charge is 2.17. The second-order valence-corrected chi connectivity index (χ2v) is 5.49. The van der Waals surface area contributed by atoms with Gasteiger partial charge in [0.2, 0.25) is 0 Å². The first-order chi connectivity index (χ1) is 9.19. The van der Waals surface area contributed by atoms with Crippen LogP contribution in [-0.4, -0.2) is 37.1 Å². The molecule has 1 aliphatic rings. The summed E-state index contributed by atoms with van der Waals surface area (Å²) < 4.78 is 13.0. The van der Waals surface area contributed by atoms with Crippen molar-refractivity contribution in [2.75, 3.05) is 26.2 Å². The molecule has 0 aromatic heterocycles. The largest absolute Gasteiger partial charge is 0.314 e. The third-order valence-electron chi connectivity index (χ3n) is 4.08. The minimum Gasteiger partial charge on any atom is -0.314 e. The van der Waals surface area contributed by atoms with Crippen molar-refractivity contribution in [3.63, 3.8) is 0 Å². The van der Waals surface area contributed by atoms with Gasteiger partial charge in [0.1, 0.15) is 5.82 Å². The first-order valence-corrected chi connectivity index (χ1v) is 7.40. The van der Waals surface area contributed by atoms with E-state index in [4.69, 9.17) is 0 Å². The quantitative estimate of drug-likeness (QED) is 0.879. The summed E-state index contributed by atoms with van der Waals surface area (Å²) in [6.45, 7) is 8.68. The molecule has 2 nitrogen and oxygen atoms in total. The molecule has 1 N–H and O–H groups in total. The number of hydrogen-bond acceptors (Lipinski definition) is 2. The lowest BCUT2D eigenvalue weighted by atomic mass is 10.0. The molecule has 1 fully saturated rings. The molecule has 0 amide bonds. The van der Waals surface area contributed by atoms with Gasteiger partial charge in [-0.05, 0) is 69.1 Å². The number of rotatable bonds is 5. The Bertz CT molecular complexity index is 398. The van der Waals surface area contributed by atoms with Crippen LogP contribution in [0.3, 0.4) is 0 Å². The lowest BCUT2D eigenvalue weighted by Crippen LogP contribution is -2.43. The van der Waals surface area contributed by atoms with Gasteiger partial charge in [0.15, 0.2) is 0 Å². The summed E-state index contributed by atoms with van der Waals surface area (Å²) >= 11 is 0. The van der Waals surface area contributed by atoms with Crippen LogP contribution in [-0.2, 0) is 6.42 Å². The summed E-state index contributed by atoms with van der Waals surface area (Å²) in [5, 5.41) is 3.53. The fourth-order valence-electron chi connectivity index (χ4n) is 2.87. The van der Waals surface area contributed by atoms with Crippen LogP contribution in [0.1, 0.15) is 30.9 Å². The van der Waals surface area contributed by atoms with E-state index in [1.54, 1.807) is 12.1 Å². The van der Waals surface area contributed by atoms with Crippen LogP contribution in [0.25, 0.3) is 0 Å². The Labute approximate surface area is 116 Å². The molecule has 1 saturated heterocycles. The van der Waals surface area contributed by atoms with Crippen molar-refractivity contribution in [2.45, 2.75) is 39.2 Å². The van der Waals surface area contributed by atoms with E-state index in [0.717, 1.165) is 25.1 Å². The van der Waals surface area contributed by atoms with Gasteiger partial charge in [-0.1, -0.05) is 13.0 Å². The molecule has 3 heteroatoms. The fraction of sp³-hybridized carbons (Fsp3) is 0.625. The number of aryl methyl sites for hydroxylation is 1. The van der Waals surface area contributed by atoms with Crippen molar-refractivity contribution >= 4 is 0 Å². The summed E-state index contributed by atoms with van der Waals surface area (Å²) in [4.78, 5) is 2.52. The Morgan fingerprint density at radius 1 is 1.32 bits per heavy atom. The van der Waals surface area contributed by atoms with Crippen LogP contribution in [0.5, 0.6) is 0 Å². The van der Waals surface area contributed by atoms with Crippen molar-refractivity contribution < 1.29 is 4.39 Å². The Morgan fingerprint density at radius 3 is 2.68 bits per heavy atom. The number of hydrogen-bond donors (Lipinski definition) is 1. The van der Waals surface area contributed by atoms with Crippen LogP contribution in [0.4, 0.5) is 4.39 Å². The monoisotopic (exact) mass is 264 g/mol. The Hall–Kier alpha value is -0.930. The van der Waals surface area contributed by atoms with Crippen molar-refractivity contribution in [2.24, 2.45) is 0 Å². The highest BCUT2D eigenvalue weighted by molar-refractivity contribution is 5.26. The van der Waals surface area contributed by atoms with Crippen molar-refractivity contribution in [3.05, 3.63) is 35.1 Å². The molecule has 106 valence electrons. The SMILES string of the molecule is CCNC1CCN(CCc2ccc(F)cc2C)CC1. The molecule has 1 heterocycles. The molecule has 0 radical (unpaired) electrons. The Balaban J connectivity index is 1.77. The lowest BCUT2D eigenvalue weighted by Gasteiger charge is -2.32. The fourth-order valence-corrected chi connectivity index (χ4v) is 2.87. The van der Waals surface area contributed by atoms with Gasteiger partial charge in [-0.25, -0.2) is 4.39 Å². The zero-order chi connectivity index (χ0) is 13.7. The maximum absolute atomic E-state index is 13.0. The first kappa shape index (κ1) is 14.5. The van der Waals surface area contributed by atoms with Gasteiger partial charge in [0.25, 0.3) is 0 Å². The molecule has 0 saturated carbocycles. The second-order valence-electron chi connectivity index (χ2n) is 5.49. The van der Waals surface area contributed by atoms with E-state index in [1.165, 1.54) is 31.5 Å². The maximum Gasteiger partial charge on any atom is 0.123 e. The highest BCUT2D eigenvalue weighted by Crippen LogP contribution is 2.14. The van der Waals surface area contributed by atoms with E-state index in [0.29, 0.717) is 6.04 Å². The van der Waals surface area contributed by atoms with Gasteiger partial charge >= 0.3 is 0 Å². The molecule has 1 aliphatic heterocycles. The maximum atomic E-state index is 13.0. The minimum absolute atomic E-state index is 0.132. The molecule has 0 bridgehead atoms. The summed E-state index contributed by atoms with van der Waals surface area (Å²) in [7, 11) is 0. The average Bonchev–Trinajstić information content (AvgIpc) is 2.40. The van der Waals surface area contributed by atoms with E-state index < -0.39 is 0 Å². The van der Waals surface area contributed by atoms with Gasteiger partial charge in [0, 0.05) is 12.6 Å². The smallest absolute Gasteiger partial charge is 0.123 e. The Kier molecular flexibility index (Phi) is 5.34. The molecule has 0 spiro atoms. The van der Waals surface area contributed by atoms with Crippen molar-refractivity contribution in [1.82, 2.24) is 10.2 Å². The lowest BCUT2D eigenvalue weighted by molar-refractivity contribution is 0.201. The van der Waals surface area contributed by atoms with Crippen LogP contribution in [0, 0.1) is 12.7 Å². The van der Waals surface area contributed by atoms with E-state index >= 15 is 0 Å². The molecule has 0 aliphatic carbocycles. The highest BCUT2D eigenvalue weighted by atomic mass is 19.1. The van der Waals surface area contributed by atoms with Crippen molar-refractivity contribution in [3.8, 4) is 0 Å². The van der Waals surface area contributed by atoms with Crippen LogP contribution >= 0.6 is 0 Å². The molecule has 19 heavy (non-hydrogen) atoms. The van der Waals surface area contributed by atoms with E-state index in [-0.39, 0.29) is 5.82 Å².